The number of ether oxygens (including phenoxy) is 1. The molecule has 2 aromatic carbocycles. The number of carbonyl (C=O) groups is 3. The van der Waals surface area contributed by atoms with Crippen LogP contribution >= 0.6 is 11.6 Å². The highest BCUT2D eigenvalue weighted by atomic mass is 35.5. The zero-order valence-electron chi connectivity index (χ0n) is 23.1. The number of esters is 1. The summed E-state index contributed by atoms with van der Waals surface area (Å²) in [4.78, 5) is 41.2. The highest BCUT2D eigenvalue weighted by Gasteiger charge is 2.16. The predicted octanol–water partition coefficient (Wildman–Crippen LogP) is 5.66. The molecule has 4 aromatic rings. The van der Waals surface area contributed by atoms with E-state index < -0.39 is 17.9 Å². The van der Waals surface area contributed by atoms with Crippen molar-refractivity contribution in [3.05, 3.63) is 83.3 Å². The van der Waals surface area contributed by atoms with Crippen LogP contribution in [0.3, 0.4) is 0 Å². The minimum Gasteiger partial charge on any atom is -0.461 e. The minimum atomic E-state index is -0.559. The molecule has 0 radical (unpaired) electrons. The molecule has 2 aromatic heterocycles. The molecule has 0 atom stereocenters. The number of anilines is 4. The molecule has 0 aliphatic heterocycles. The Kier molecular flexibility index (Phi) is 11.2. The van der Waals surface area contributed by atoms with Gasteiger partial charge in [-0.1, -0.05) is 30.7 Å². The molecule has 0 bridgehead atoms. The van der Waals surface area contributed by atoms with Gasteiger partial charge < -0.3 is 20.7 Å². The largest absolute Gasteiger partial charge is 0.461 e. The van der Waals surface area contributed by atoms with E-state index in [2.05, 4.69) is 36.6 Å². The van der Waals surface area contributed by atoms with Crippen LogP contribution in [0.4, 0.5) is 27.7 Å². The average Bonchev–Trinajstić information content (AvgIpc) is 3.47. The maximum atomic E-state index is 13.2. The Labute approximate surface area is 242 Å². The van der Waals surface area contributed by atoms with Crippen LogP contribution in [-0.4, -0.2) is 51.0 Å². The van der Waals surface area contributed by atoms with E-state index >= 15 is 0 Å². The molecule has 2 heterocycles. The molecule has 13 heteroatoms. The molecule has 4 N–H and O–H groups in total. The van der Waals surface area contributed by atoms with E-state index in [1.807, 2.05) is 13.8 Å². The lowest BCUT2D eigenvalue weighted by Crippen LogP contribution is -2.28. The van der Waals surface area contributed by atoms with Crippen LogP contribution in [0.2, 0.25) is 5.02 Å². The van der Waals surface area contributed by atoms with E-state index in [0.29, 0.717) is 34.3 Å². The van der Waals surface area contributed by atoms with Crippen molar-refractivity contribution in [2.24, 2.45) is 0 Å². The smallest absolute Gasteiger partial charge is 0.360 e. The third kappa shape index (κ3) is 8.51. The summed E-state index contributed by atoms with van der Waals surface area (Å²) in [6.07, 6.45) is 2.83. The number of carbonyl (C=O) groups excluding carboxylic acids is 3. The molecular weight excluding hydrogens is 548 g/mol. The van der Waals surface area contributed by atoms with Gasteiger partial charge in [0.05, 0.1) is 29.7 Å². The van der Waals surface area contributed by atoms with E-state index in [4.69, 9.17) is 16.3 Å². The molecule has 214 valence electrons. The lowest BCUT2D eigenvalue weighted by Gasteiger charge is -2.14. The lowest BCUT2D eigenvalue weighted by molar-refractivity contribution is 0.0519. The van der Waals surface area contributed by atoms with Crippen LogP contribution in [0, 0.1) is 0 Å². The second kappa shape index (κ2) is 15.0. The summed E-state index contributed by atoms with van der Waals surface area (Å²) in [5, 5.41) is 19.6. The Morgan fingerprint density at radius 3 is 2.29 bits per heavy atom. The van der Waals surface area contributed by atoms with Gasteiger partial charge in [-0.05, 0) is 62.4 Å². The first-order valence-corrected chi connectivity index (χ1v) is 13.3. The summed E-state index contributed by atoms with van der Waals surface area (Å²) in [5.41, 5.74) is 2.57. The predicted molar refractivity (Wildman–Crippen MR) is 158 cm³/mol. The van der Waals surface area contributed by atoms with Crippen LogP contribution in [0.25, 0.3) is 5.69 Å². The molecule has 41 heavy (non-hydrogen) atoms. The van der Waals surface area contributed by atoms with E-state index in [9.17, 15) is 14.4 Å². The molecule has 0 fully saturated rings. The first-order valence-electron chi connectivity index (χ1n) is 12.9. The van der Waals surface area contributed by atoms with Gasteiger partial charge in [0.1, 0.15) is 5.82 Å². The van der Waals surface area contributed by atoms with Crippen molar-refractivity contribution < 1.29 is 19.1 Å². The molecule has 12 nitrogen and oxygen atoms in total. The summed E-state index contributed by atoms with van der Waals surface area (Å²) >= 11 is 5.99. The quantitative estimate of drug-likeness (QED) is 0.186. The van der Waals surface area contributed by atoms with E-state index in [0.717, 1.165) is 0 Å². The Hall–Kier alpha value is -4.97. The van der Waals surface area contributed by atoms with Crippen molar-refractivity contribution in [2.75, 3.05) is 29.1 Å². The van der Waals surface area contributed by atoms with Gasteiger partial charge in [0, 0.05) is 35.2 Å². The Morgan fingerprint density at radius 1 is 0.951 bits per heavy atom. The molecule has 0 saturated carbocycles. The van der Waals surface area contributed by atoms with Crippen LogP contribution in [0.15, 0.2) is 67.0 Å². The van der Waals surface area contributed by atoms with Crippen LogP contribution in [0.5, 0.6) is 0 Å². The van der Waals surface area contributed by atoms with E-state index in [1.165, 1.54) is 17.1 Å². The van der Waals surface area contributed by atoms with Crippen molar-refractivity contribution in [1.82, 2.24) is 25.3 Å². The average molecular weight is 579 g/mol. The van der Waals surface area contributed by atoms with E-state index in [1.54, 1.807) is 68.4 Å². The van der Waals surface area contributed by atoms with Crippen molar-refractivity contribution in [1.29, 1.82) is 0 Å². The normalized spacial score (nSPS) is 10.1. The molecule has 0 aliphatic rings. The van der Waals surface area contributed by atoms with Gasteiger partial charge in [0.25, 0.3) is 5.91 Å². The van der Waals surface area contributed by atoms with Gasteiger partial charge in [-0.25, -0.2) is 19.3 Å². The number of pyridine rings is 1. The van der Waals surface area contributed by atoms with Gasteiger partial charge >= 0.3 is 12.0 Å². The number of halogens is 1. The number of benzene rings is 2. The molecule has 0 spiro atoms. The fraction of sp³-hybridized carbons (Fsp3) is 0.214. The number of amides is 3. The number of hydrogen-bond acceptors (Lipinski definition) is 8. The maximum absolute atomic E-state index is 13.2. The van der Waals surface area contributed by atoms with Crippen LogP contribution in [-0.2, 0) is 4.74 Å². The molecular formula is C28H31ClN8O4. The topological polar surface area (TPSA) is 152 Å². The number of nitrogens with zero attached hydrogens (tertiary/aromatic N) is 4. The monoisotopic (exact) mass is 578 g/mol. The first-order chi connectivity index (χ1) is 19.9. The molecule has 0 unspecified atom stereocenters. The fourth-order valence-electron chi connectivity index (χ4n) is 3.40. The van der Waals surface area contributed by atoms with E-state index in [-0.39, 0.29) is 23.7 Å². The van der Waals surface area contributed by atoms with Gasteiger partial charge in [-0.3, -0.25) is 10.1 Å². The van der Waals surface area contributed by atoms with Crippen molar-refractivity contribution in [2.45, 2.75) is 27.7 Å². The zero-order chi connectivity index (χ0) is 29.8. The highest BCUT2D eigenvalue weighted by Crippen LogP contribution is 2.25. The lowest BCUT2D eigenvalue weighted by atomic mass is 10.2. The summed E-state index contributed by atoms with van der Waals surface area (Å²) in [5.74, 6) is -0.730. The zero-order valence-corrected chi connectivity index (χ0v) is 23.8. The molecule has 3 amide bonds. The number of urea groups is 1. The van der Waals surface area contributed by atoms with Crippen molar-refractivity contribution in [3.8, 4) is 5.69 Å². The first kappa shape index (κ1) is 30.6. The second-order valence-electron chi connectivity index (χ2n) is 8.00. The van der Waals surface area contributed by atoms with Crippen LogP contribution < -0.4 is 21.3 Å². The third-order valence-electron chi connectivity index (χ3n) is 5.22. The summed E-state index contributed by atoms with van der Waals surface area (Å²) in [7, 11) is 0. The Morgan fingerprint density at radius 2 is 1.63 bits per heavy atom. The summed E-state index contributed by atoms with van der Waals surface area (Å²) in [6.45, 7) is 8.19. The third-order valence-corrected chi connectivity index (χ3v) is 5.47. The van der Waals surface area contributed by atoms with Gasteiger partial charge in [-0.2, -0.15) is 0 Å². The summed E-state index contributed by atoms with van der Waals surface area (Å²) in [6, 6.07) is 14.9. The van der Waals surface area contributed by atoms with Gasteiger partial charge in [-0.15, -0.1) is 5.10 Å². The maximum Gasteiger partial charge on any atom is 0.360 e. The second-order valence-corrected chi connectivity index (χ2v) is 8.44. The Bertz CT molecular complexity index is 1470. The molecule has 0 aliphatic carbocycles. The fourth-order valence-corrected chi connectivity index (χ4v) is 3.53. The minimum absolute atomic E-state index is 0.0903. The SMILES string of the molecule is CC.CCNC(=O)Nc1cc(Nc2ccc(Cl)cc2)c(C(=O)Nc2ccc(-n3cc(C(=O)OCC)nn3)cc2)cn1. The van der Waals surface area contributed by atoms with Crippen LogP contribution in [0.1, 0.15) is 48.5 Å². The van der Waals surface area contributed by atoms with Crippen molar-refractivity contribution >= 4 is 52.4 Å². The number of hydrogen-bond donors (Lipinski definition) is 4. The van der Waals surface area contributed by atoms with Crippen molar-refractivity contribution in [3.63, 3.8) is 0 Å². The molecule has 4 rings (SSSR count). The summed E-state index contributed by atoms with van der Waals surface area (Å²) < 4.78 is 6.36. The van der Waals surface area contributed by atoms with Gasteiger partial charge in [0.2, 0.25) is 0 Å². The van der Waals surface area contributed by atoms with Gasteiger partial charge in [0.15, 0.2) is 5.69 Å². The standard InChI is InChI=1S/C26H25ClN8O4.C2H6/c1-3-28-26(38)32-23-13-21(30-17-7-5-16(27)6-8-17)20(14-29-23)24(36)31-18-9-11-19(12-10-18)35-15-22(33-34-35)25(37)39-4-2;1-2/h5-15H,3-4H2,1-2H3,(H,31,36)(H3,28,29,30,32,38);1-2H3. The number of aromatic nitrogens is 4. The number of rotatable bonds is 9. The Balaban J connectivity index is 0.00000226. The highest BCUT2D eigenvalue weighted by molar-refractivity contribution is 6.30. The number of nitrogens with one attached hydrogen (secondary N) is 4. The molecule has 0 saturated heterocycles.